The smallest absolute Gasteiger partial charge is 0.258 e. The van der Waals surface area contributed by atoms with Crippen LogP contribution in [0.3, 0.4) is 0 Å². The highest BCUT2D eigenvalue weighted by atomic mass is 16.5. The van der Waals surface area contributed by atoms with E-state index in [9.17, 15) is 4.79 Å². The first-order chi connectivity index (χ1) is 13.1. The predicted octanol–water partition coefficient (Wildman–Crippen LogP) is 3.66. The fraction of sp³-hybridized carbons (Fsp3) is 0.100. The third-order valence-corrected chi connectivity index (χ3v) is 3.77. The van der Waals surface area contributed by atoms with Crippen LogP contribution in [-0.4, -0.2) is 23.0 Å². The average Bonchev–Trinajstić information content (AvgIpc) is 2.69. The van der Waals surface area contributed by atoms with Crippen LogP contribution in [0.25, 0.3) is 0 Å². The van der Waals surface area contributed by atoms with Crippen LogP contribution < -0.4 is 15.4 Å². The predicted molar refractivity (Wildman–Crippen MR) is 102 cm³/mol. The number of nitrogens with zero attached hydrogens (tertiary/aromatic N) is 3. The number of amides is 1. The summed E-state index contributed by atoms with van der Waals surface area (Å²) in [6, 6.07) is 14.4. The number of ether oxygens (including phenoxy) is 1. The summed E-state index contributed by atoms with van der Waals surface area (Å²) in [5.74, 6) is 0.662. The molecule has 134 valence electrons. The number of carbonyl (C=O) groups is 1. The van der Waals surface area contributed by atoms with Gasteiger partial charge >= 0.3 is 0 Å². The number of nitriles is 1. The van der Waals surface area contributed by atoms with Crippen LogP contribution in [0.4, 0.5) is 17.3 Å². The lowest BCUT2D eigenvalue weighted by Gasteiger charge is -2.11. The normalized spacial score (nSPS) is 9.96. The molecule has 7 nitrogen and oxygen atoms in total. The summed E-state index contributed by atoms with van der Waals surface area (Å²) < 4.78 is 5.31. The van der Waals surface area contributed by atoms with Crippen LogP contribution in [0.15, 0.2) is 54.9 Å². The third-order valence-electron chi connectivity index (χ3n) is 3.77. The molecule has 0 radical (unpaired) electrons. The lowest BCUT2D eigenvalue weighted by atomic mass is 10.2. The molecule has 1 amide bonds. The lowest BCUT2D eigenvalue weighted by molar-refractivity contribution is 0.102. The number of anilines is 3. The Morgan fingerprint density at radius 1 is 1.15 bits per heavy atom. The highest BCUT2D eigenvalue weighted by Crippen LogP contribution is 2.27. The van der Waals surface area contributed by atoms with Crippen LogP contribution in [0.1, 0.15) is 21.5 Å². The Morgan fingerprint density at radius 2 is 1.93 bits per heavy atom. The Labute approximate surface area is 156 Å². The van der Waals surface area contributed by atoms with Crippen molar-refractivity contribution in [2.75, 3.05) is 17.7 Å². The lowest BCUT2D eigenvalue weighted by Crippen LogP contribution is -2.13. The second-order valence-corrected chi connectivity index (χ2v) is 5.77. The molecular weight excluding hydrogens is 342 g/mol. The van der Waals surface area contributed by atoms with Gasteiger partial charge in [-0.25, -0.2) is 9.97 Å². The van der Waals surface area contributed by atoms with Crippen molar-refractivity contribution in [1.29, 1.82) is 5.26 Å². The van der Waals surface area contributed by atoms with Crippen LogP contribution in [0, 0.1) is 18.3 Å². The van der Waals surface area contributed by atoms with Gasteiger partial charge in [-0.05, 0) is 42.8 Å². The SMILES string of the molecule is COc1ccc(C)cc1Nc1ncc(C(=O)Nc2cccc(C#N)c2)cn1. The summed E-state index contributed by atoms with van der Waals surface area (Å²) in [7, 11) is 1.59. The molecule has 0 saturated heterocycles. The Hall–Kier alpha value is -3.92. The van der Waals surface area contributed by atoms with Gasteiger partial charge in [0.2, 0.25) is 5.95 Å². The molecule has 2 aromatic carbocycles. The number of rotatable bonds is 5. The molecule has 0 aliphatic carbocycles. The molecule has 0 atom stereocenters. The summed E-state index contributed by atoms with van der Waals surface area (Å²) in [4.78, 5) is 20.7. The molecule has 3 rings (SSSR count). The van der Waals surface area contributed by atoms with E-state index in [1.165, 1.54) is 12.4 Å². The third kappa shape index (κ3) is 4.38. The number of methoxy groups -OCH3 is 1. The van der Waals surface area contributed by atoms with E-state index in [1.807, 2.05) is 31.2 Å². The van der Waals surface area contributed by atoms with Crippen LogP contribution >= 0.6 is 0 Å². The Bertz CT molecular complexity index is 1010. The zero-order valence-corrected chi connectivity index (χ0v) is 14.9. The largest absolute Gasteiger partial charge is 0.495 e. The van der Waals surface area contributed by atoms with Gasteiger partial charge in [-0.1, -0.05) is 12.1 Å². The van der Waals surface area contributed by atoms with E-state index >= 15 is 0 Å². The van der Waals surface area contributed by atoms with E-state index in [-0.39, 0.29) is 5.91 Å². The molecule has 1 heterocycles. The fourth-order valence-electron chi connectivity index (χ4n) is 2.42. The van der Waals surface area contributed by atoms with E-state index in [4.69, 9.17) is 10.00 Å². The van der Waals surface area contributed by atoms with Crippen molar-refractivity contribution in [3.05, 3.63) is 71.5 Å². The molecule has 0 saturated carbocycles. The molecule has 7 heteroatoms. The second-order valence-electron chi connectivity index (χ2n) is 5.77. The van der Waals surface area contributed by atoms with Crippen molar-refractivity contribution >= 4 is 23.2 Å². The number of aryl methyl sites for hydroxylation is 1. The maximum Gasteiger partial charge on any atom is 0.258 e. The molecule has 0 aliphatic rings. The van der Waals surface area contributed by atoms with Gasteiger partial charge in [-0.3, -0.25) is 4.79 Å². The first-order valence-corrected chi connectivity index (χ1v) is 8.14. The highest BCUT2D eigenvalue weighted by Gasteiger charge is 2.10. The van der Waals surface area contributed by atoms with Crippen molar-refractivity contribution in [3.63, 3.8) is 0 Å². The van der Waals surface area contributed by atoms with Crippen molar-refractivity contribution in [2.45, 2.75) is 6.92 Å². The average molecular weight is 359 g/mol. The van der Waals surface area contributed by atoms with Gasteiger partial charge in [0, 0.05) is 18.1 Å². The first-order valence-electron chi connectivity index (χ1n) is 8.14. The summed E-state index contributed by atoms with van der Waals surface area (Å²) in [6.45, 7) is 1.97. The molecule has 0 fully saturated rings. The van der Waals surface area contributed by atoms with Gasteiger partial charge < -0.3 is 15.4 Å². The molecule has 1 aromatic heterocycles. The van der Waals surface area contributed by atoms with E-state index in [1.54, 1.807) is 31.4 Å². The summed E-state index contributed by atoms with van der Waals surface area (Å²) in [5.41, 5.74) is 3.11. The van der Waals surface area contributed by atoms with E-state index < -0.39 is 0 Å². The van der Waals surface area contributed by atoms with Crippen molar-refractivity contribution in [3.8, 4) is 11.8 Å². The van der Waals surface area contributed by atoms with Crippen molar-refractivity contribution < 1.29 is 9.53 Å². The number of aromatic nitrogens is 2. The van der Waals surface area contributed by atoms with Gasteiger partial charge in [0.15, 0.2) is 0 Å². The number of hydrogen-bond acceptors (Lipinski definition) is 6. The van der Waals surface area contributed by atoms with E-state index in [0.717, 1.165) is 11.3 Å². The topological polar surface area (TPSA) is 99.9 Å². The van der Waals surface area contributed by atoms with E-state index in [2.05, 4.69) is 20.6 Å². The zero-order chi connectivity index (χ0) is 19.2. The maximum absolute atomic E-state index is 12.3. The quantitative estimate of drug-likeness (QED) is 0.721. The van der Waals surface area contributed by atoms with Crippen LogP contribution in [0.5, 0.6) is 5.75 Å². The minimum absolute atomic E-state index is 0.305. The van der Waals surface area contributed by atoms with Gasteiger partial charge in [0.05, 0.1) is 30.0 Å². The standard InChI is InChI=1S/C20H17N5O2/c1-13-6-7-18(27-2)17(8-13)25-20-22-11-15(12-23-20)19(26)24-16-5-3-4-14(9-16)10-21/h3-9,11-12H,1-2H3,(H,24,26)(H,22,23,25). The van der Waals surface area contributed by atoms with Gasteiger partial charge in [0.25, 0.3) is 5.91 Å². The van der Waals surface area contributed by atoms with Crippen LogP contribution in [0.2, 0.25) is 0 Å². The minimum Gasteiger partial charge on any atom is -0.495 e. The second kappa shape index (κ2) is 7.97. The molecule has 27 heavy (non-hydrogen) atoms. The van der Waals surface area contributed by atoms with Crippen molar-refractivity contribution in [1.82, 2.24) is 9.97 Å². The monoisotopic (exact) mass is 359 g/mol. The number of benzene rings is 2. The van der Waals surface area contributed by atoms with Gasteiger partial charge in [-0.15, -0.1) is 0 Å². The Kier molecular flexibility index (Phi) is 5.28. The highest BCUT2D eigenvalue weighted by molar-refractivity contribution is 6.04. The summed E-state index contributed by atoms with van der Waals surface area (Å²) in [6.07, 6.45) is 2.86. The summed E-state index contributed by atoms with van der Waals surface area (Å²) >= 11 is 0. The molecule has 0 bridgehead atoms. The Morgan fingerprint density at radius 3 is 2.63 bits per heavy atom. The zero-order valence-electron chi connectivity index (χ0n) is 14.9. The molecule has 0 unspecified atom stereocenters. The molecule has 3 aromatic rings. The van der Waals surface area contributed by atoms with Gasteiger partial charge in [0.1, 0.15) is 5.75 Å². The molecule has 0 spiro atoms. The Balaban J connectivity index is 1.72. The molecule has 0 aliphatic heterocycles. The fourth-order valence-corrected chi connectivity index (χ4v) is 2.42. The number of carbonyl (C=O) groups excluding carboxylic acids is 1. The minimum atomic E-state index is -0.357. The maximum atomic E-state index is 12.3. The number of nitrogens with one attached hydrogen (secondary N) is 2. The molecule has 2 N–H and O–H groups in total. The van der Waals surface area contributed by atoms with Gasteiger partial charge in [-0.2, -0.15) is 5.26 Å². The van der Waals surface area contributed by atoms with Crippen molar-refractivity contribution in [2.24, 2.45) is 0 Å². The van der Waals surface area contributed by atoms with Crippen LogP contribution in [-0.2, 0) is 0 Å². The van der Waals surface area contributed by atoms with E-state index in [0.29, 0.717) is 28.5 Å². The summed E-state index contributed by atoms with van der Waals surface area (Å²) in [5, 5.41) is 14.7. The molecular formula is C20H17N5O2. The number of hydrogen-bond donors (Lipinski definition) is 2. The first kappa shape index (κ1) is 17.9.